The summed E-state index contributed by atoms with van der Waals surface area (Å²) < 4.78 is 28.6. The van der Waals surface area contributed by atoms with Gasteiger partial charge >= 0.3 is 0 Å². The molecular formula is C14H14BrF2N3O. The fourth-order valence-corrected chi connectivity index (χ4v) is 2.50. The Hall–Kier alpha value is -1.89. The van der Waals surface area contributed by atoms with Crippen LogP contribution in [0.25, 0.3) is 0 Å². The van der Waals surface area contributed by atoms with Crippen molar-refractivity contribution >= 4 is 33.2 Å². The Morgan fingerprint density at radius 3 is 2.71 bits per heavy atom. The number of benzene rings is 1. The average Bonchev–Trinajstić information content (AvgIpc) is 2.75. The number of aromatic nitrogens is 1. The standard InChI is InChI=1S/C14H14BrF2N3O/c1-2-3-20-7-9(18)6-12(20)14(21)19-13-10(15)4-8(16)5-11(13)17/h4-7H,2-3,18H2,1H3,(H,19,21). The topological polar surface area (TPSA) is 60.0 Å². The number of amides is 1. The zero-order valence-corrected chi connectivity index (χ0v) is 12.9. The summed E-state index contributed by atoms with van der Waals surface area (Å²) in [4.78, 5) is 12.2. The van der Waals surface area contributed by atoms with Crippen LogP contribution < -0.4 is 11.1 Å². The van der Waals surface area contributed by atoms with Crippen LogP contribution in [0.2, 0.25) is 0 Å². The van der Waals surface area contributed by atoms with Gasteiger partial charge in [0, 0.05) is 23.3 Å². The Balaban J connectivity index is 2.30. The molecule has 0 radical (unpaired) electrons. The molecule has 0 saturated carbocycles. The number of aryl methyl sites for hydroxylation is 1. The second kappa shape index (κ2) is 6.26. The number of halogens is 3. The smallest absolute Gasteiger partial charge is 0.272 e. The van der Waals surface area contributed by atoms with Crippen LogP contribution in [-0.4, -0.2) is 10.5 Å². The quantitative estimate of drug-likeness (QED) is 0.874. The number of carbonyl (C=O) groups is 1. The van der Waals surface area contributed by atoms with E-state index in [9.17, 15) is 13.6 Å². The molecule has 0 spiro atoms. The van der Waals surface area contributed by atoms with Crippen molar-refractivity contribution in [1.82, 2.24) is 4.57 Å². The minimum atomic E-state index is -0.850. The van der Waals surface area contributed by atoms with Crippen LogP contribution in [0.1, 0.15) is 23.8 Å². The first-order valence-corrected chi connectivity index (χ1v) is 7.13. The monoisotopic (exact) mass is 357 g/mol. The van der Waals surface area contributed by atoms with Crippen LogP contribution in [0, 0.1) is 11.6 Å². The van der Waals surface area contributed by atoms with Crippen LogP contribution in [0.4, 0.5) is 20.2 Å². The minimum absolute atomic E-state index is 0.107. The number of nitrogens with one attached hydrogen (secondary N) is 1. The first-order chi connectivity index (χ1) is 9.92. The number of carbonyl (C=O) groups excluding carboxylic acids is 1. The van der Waals surface area contributed by atoms with Gasteiger partial charge in [0.1, 0.15) is 11.5 Å². The fraction of sp³-hybridized carbons (Fsp3) is 0.214. The number of rotatable bonds is 4. The first kappa shape index (κ1) is 15.5. The molecule has 112 valence electrons. The van der Waals surface area contributed by atoms with Crippen molar-refractivity contribution in [1.29, 1.82) is 0 Å². The summed E-state index contributed by atoms with van der Waals surface area (Å²) in [5, 5.41) is 2.43. The fourth-order valence-electron chi connectivity index (χ4n) is 1.99. The largest absolute Gasteiger partial charge is 0.397 e. The van der Waals surface area contributed by atoms with Crippen LogP contribution in [0.3, 0.4) is 0 Å². The van der Waals surface area contributed by atoms with Crippen molar-refractivity contribution < 1.29 is 13.6 Å². The van der Waals surface area contributed by atoms with E-state index < -0.39 is 17.5 Å². The molecule has 0 saturated heterocycles. The van der Waals surface area contributed by atoms with E-state index in [0.29, 0.717) is 24.0 Å². The highest BCUT2D eigenvalue weighted by Crippen LogP contribution is 2.27. The Bertz CT molecular complexity index is 662. The van der Waals surface area contributed by atoms with Crippen molar-refractivity contribution in [3.63, 3.8) is 0 Å². The lowest BCUT2D eigenvalue weighted by molar-refractivity contribution is 0.101. The highest BCUT2D eigenvalue weighted by molar-refractivity contribution is 9.10. The summed E-state index contributed by atoms with van der Waals surface area (Å²) in [7, 11) is 0. The SMILES string of the molecule is CCCn1cc(N)cc1C(=O)Nc1c(F)cc(F)cc1Br. The van der Waals surface area contributed by atoms with Gasteiger partial charge in [-0.25, -0.2) is 8.78 Å². The third-order valence-electron chi connectivity index (χ3n) is 2.86. The van der Waals surface area contributed by atoms with E-state index in [1.54, 1.807) is 10.8 Å². The summed E-state index contributed by atoms with van der Waals surface area (Å²) in [6.45, 7) is 2.58. The Labute approximate surface area is 129 Å². The molecule has 0 aliphatic heterocycles. The van der Waals surface area contributed by atoms with Gasteiger partial charge in [0.25, 0.3) is 5.91 Å². The summed E-state index contributed by atoms with van der Waals surface area (Å²) >= 11 is 3.03. The number of nitrogens with zero attached hydrogens (tertiary/aromatic N) is 1. The third kappa shape index (κ3) is 3.41. The number of nitrogens with two attached hydrogens (primary N) is 1. The number of hydrogen-bond acceptors (Lipinski definition) is 2. The molecule has 0 bridgehead atoms. The maximum Gasteiger partial charge on any atom is 0.272 e. The van der Waals surface area contributed by atoms with Crippen LogP contribution in [-0.2, 0) is 6.54 Å². The molecular weight excluding hydrogens is 344 g/mol. The van der Waals surface area contributed by atoms with Crippen molar-refractivity contribution in [2.75, 3.05) is 11.1 Å². The van der Waals surface area contributed by atoms with E-state index in [1.165, 1.54) is 6.07 Å². The molecule has 0 fully saturated rings. The number of hydrogen-bond donors (Lipinski definition) is 2. The molecule has 0 unspecified atom stereocenters. The zero-order valence-electron chi connectivity index (χ0n) is 11.3. The second-order valence-corrected chi connectivity index (χ2v) is 5.40. The Morgan fingerprint density at radius 1 is 1.38 bits per heavy atom. The van der Waals surface area contributed by atoms with E-state index in [-0.39, 0.29) is 10.2 Å². The summed E-state index contributed by atoms with van der Waals surface area (Å²) in [5.74, 6) is -2.08. The molecule has 3 N–H and O–H groups in total. The maximum absolute atomic E-state index is 13.7. The molecule has 4 nitrogen and oxygen atoms in total. The molecule has 7 heteroatoms. The van der Waals surface area contributed by atoms with Gasteiger partial charge in [0.2, 0.25) is 0 Å². The van der Waals surface area contributed by atoms with Gasteiger partial charge in [0.15, 0.2) is 5.82 Å². The van der Waals surface area contributed by atoms with Crippen LogP contribution >= 0.6 is 15.9 Å². The van der Waals surface area contributed by atoms with Crippen molar-refractivity contribution in [2.45, 2.75) is 19.9 Å². The van der Waals surface area contributed by atoms with Crippen molar-refractivity contribution in [3.05, 3.63) is 46.2 Å². The summed E-state index contributed by atoms with van der Waals surface area (Å²) in [6.07, 6.45) is 2.47. The molecule has 0 aliphatic carbocycles. The average molecular weight is 358 g/mol. The predicted octanol–water partition coefficient (Wildman–Crippen LogP) is 3.77. The Morgan fingerprint density at radius 2 is 2.10 bits per heavy atom. The molecule has 2 rings (SSSR count). The van der Waals surface area contributed by atoms with Crippen molar-refractivity contribution in [2.24, 2.45) is 0 Å². The molecule has 1 heterocycles. The molecule has 1 amide bonds. The Kier molecular flexibility index (Phi) is 4.62. The van der Waals surface area contributed by atoms with Crippen LogP contribution in [0.15, 0.2) is 28.9 Å². The molecule has 0 aliphatic rings. The number of anilines is 2. The van der Waals surface area contributed by atoms with Gasteiger partial charge in [-0.05, 0) is 34.5 Å². The lowest BCUT2D eigenvalue weighted by Gasteiger charge is -2.11. The molecule has 1 aromatic heterocycles. The van der Waals surface area contributed by atoms with E-state index in [1.807, 2.05) is 6.92 Å². The lowest BCUT2D eigenvalue weighted by atomic mass is 10.2. The predicted molar refractivity (Wildman–Crippen MR) is 81.1 cm³/mol. The minimum Gasteiger partial charge on any atom is -0.397 e. The number of nitrogen functional groups attached to an aromatic ring is 1. The summed E-state index contributed by atoms with van der Waals surface area (Å²) in [5.41, 5.74) is 6.35. The van der Waals surface area contributed by atoms with Gasteiger partial charge in [-0.2, -0.15) is 0 Å². The molecule has 2 aromatic rings. The molecule has 21 heavy (non-hydrogen) atoms. The second-order valence-electron chi connectivity index (χ2n) is 4.55. The van der Waals surface area contributed by atoms with Crippen molar-refractivity contribution in [3.8, 4) is 0 Å². The first-order valence-electron chi connectivity index (χ1n) is 6.34. The highest BCUT2D eigenvalue weighted by atomic mass is 79.9. The third-order valence-corrected chi connectivity index (χ3v) is 3.49. The van der Waals surface area contributed by atoms with Gasteiger partial charge in [-0.3, -0.25) is 4.79 Å². The van der Waals surface area contributed by atoms with E-state index in [0.717, 1.165) is 12.5 Å². The van der Waals surface area contributed by atoms with Gasteiger partial charge in [0.05, 0.1) is 11.4 Å². The maximum atomic E-state index is 13.7. The van der Waals surface area contributed by atoms with E-state index >= 15 is 0 Å². The van der Waals surface area contributed by atoms with E-state index in [2.05, 4.69) is 21.2 Å². The highest BCUT2D eigenvalue weighted by Gasteiger charge is 2.17. The summed E-state index contributed by atoms with van der Waals surface area (Å²) in [6, 6.07) is 3.30. The van der Waals surface area contributed by atoms with Crippen LogP contribution in [0.5, 0.6) is 0 Å². The van der Waals surface area contributed by atoms with Gasteiger partial charge in [-0.15, -0.1) is 0 Å². The van der Waals surface area contributed by atoms with Gasteiger partial charge in [-0.1, -0.05) is 6.92 Å². The molecule has 1 aromatic carbocycles. The molecule has 0 atom stereocenters. The van der Waals surface area contributed by atoms with E-state index in [4.69, 9.17) is 5.73 Å². The zero-order chi connectivity index (χ0) is 15.6. The van der Waals surface area contributed by atoms with Gasteiger partial charge < -0.3 is 15.6 Å². The lowest BCUT2D eigenvalue weighted by Crippen LogP contribution is -2.18. The normalized spacial score (nSPS) is 10.7.